The van der Waals surface area contributed by atoms with Gasteiger partial charge in [0.2, 0.25) is 5.91 Å². The lowest BCUT2D eigenvalue weighted by molar-refractivity contribution is -0.118. The van der Waals surface area contributed by atoms with Crippen molar-refractivity contribution in [3.8, 4) is 5.75 Å². The maximum atomic E-state index is 12.8. The van der Waals surface area contributed by atoms with E-state index in [2.05, 4.69) is 5.32 Å². The molecule has 1 aromatic carbocycles. The predicted molar refractivity (Wildman–Crippen MR) is 125 cm³/mol. The molecule has 1 aromatic rings. The topological polar surface area (TPSA) is 92.8 Å². The molecule has 1 aliphatic heterocycles. The third-order valence-electron chi connectivity index (χ3n) is 6.04. The van der Waals surface area contributed by atoms with Gasteiger partial charge in [-0.05, 0) is 55.2 Å². The first kappa shape index (κ1) is 24.8. The molecule has 1 N–H and O–H groups in total. The largest absolute Gasteiger partial charge is 0.492 e. The minimum Gasteiger partial charge on any atom is -0.492 e. The van der Waals surface area contributed by atoms with Crippen LogP contribution in [0.1, 0.15) is 57.4 Å². The van der Waals surface area contributed by atoms with Crippen LogP contribution in [-0.4, -0.2) is 56.5 Å². The van der Waals surface area contributed by atoms with E-state index in [1.165, 1.54) is 17.7 Å². The number of nitrogens with zero attached hydrogens (tertiary/aromatic N) is 1. The van der Waals surface area contributed by atoms with Crippen LogP contribution in [0, 0.1) is 11.8 Å². The molecule has 9 heteroatoms. The maximum absolute atomic E-state index is 12.8. The van der Waals surface area contributed by atoms with Crippen molar-refractivity contribution in [1.82, 2.24) is 10.2 Å². The summed E-state index contributed by atoms with van der Waals surface area (Å²) in [5.41, 5.74) is 0.934. The van der Waals surface area contributed by atoms with E-state index in [0.29, 0.717) is 49.1 Å². The Hall–Kier alpha value is -1.80. The predicted octanol–water partition coefficient (Wildman–Crippen LogP) is 4.01. The molecule has 0 radical (unpaired) electrons. The lowest BCUT2D eigenvalue weighted by atomic mass is 9.90. The number of hydrogen-bond donors (Lipinski definition) is 1. The second-order valence-electron chi connectivity index (χ2n) is 9.24. The van der Waals surface area contributed by atoms with Crippen LogP contribution in [0.3, 0.4) is 0 Å². The third-order valence-corrected chi connectivity index (χ3v) is 8.13. The van der Waals surface area contributed by atoms with Gasteiger partial charge >= 0.3 is 6.03 Å². The Labute approximate surface area is 195 Å². The first-order valence-corrected chi connectivity index (χ1v) is 13.6. The summed E-state index contributed by atoms with van der Waals surface area (Å²) in [6.45, 7) is 5.26. The summed E-state index contributed by atoms with van der Waals surface area (Å²) in [6, 6.07) is 5.22. The summed E-state index contributed by atoms with van der Waals surface area (Å²) in [5.74, 6) is 1.14. The lowest BCUT2D eigenvalue weighted by Crippen LogP contribution is -2.29. The number of carbonyl (C=O) groups is 2. The number of amides is 3. The van der Waals surface area contributed by atoms with Crippen LogP contribution >= 0.6 is 11.6 Å². The highest BCUT2D eigenvalue weighted by molar-refractivity contribution is 7.91. The summed E-state index contributed by atoms with van der Waals surface area (Å²) in [6.07, 6.45) is 4.26. The standard InChI is InChI=1S/C23H33ClN2O5S/c1-16(2)19(18-8-9-20(24)21(12-18)31-14-17-6-7-17)15-32(29,30)11-5-3-4-10-26-13-22(27)25-23(26)28/h8-9,12,16-17,19H,3-7,10-11,13-15H2,1-2H3,(H,25,27,28)/t19-/m1/s1. The van der Waals surface area contributed by atoms with Crippen LogP contribution in [0.5, 0.6) is 5.75 Å². The molecular formula is C23H33ClN2O5S. The second kappa shape index (κ2) is 10.9. The lowest BCUT2D eigenvalue weighted by Gasteiger charge is -2.22. The fourth-order valence-corrected chi connectivity index (χ4v) is 5.96. The van der Waals surface area contributed by atoms with E-state index in [1.807, 2.05) is 26.0 Å². The van der Waals surface area contributed by atoms with Crippen molar-refractivity contribution in [2.45, 2.75) is 51.9 Å². The molecular weight excluding hydrogens is 452 g/mol. The zero-order valence-electron chi connectivity index (χ0n) is 18.8. The number of benzene rings is 1. The molecule has 0 unspecified atom stereocenters. The molecule has 3 amide bonds. The van der Waals surface area contributed by atoms with Crippen molar-refractivity contribution in [2.24, 2.45) is 11.8 Å². The van der Waals surface area contributed by atoms with Crippen LogP contribution in [0.2, 0.25) is 5.02 Å². The van der Waals surface area contributed by atoms with Gasteiger partial charge in [0.25, 0.3) is 0 Å². The van der Waals surface area contributed by atoms with Gasteiger partial charge in [0.05, 0.1) is 23.1 Å². The van der Waals surface area contributed by atoms with E-state index in [1.54, 1.807) is 6.07 Å². The summed E-state index contributed by atoms with van der Waals surface area (Å²) in [7, 11) is -3.25. The Bertz CT molecular complexity index is 930. The number of rotatable bonds is 13. The van der Waals surface area contributed by atoms with Gasteiger partial charge in [-0.3, -0.25) is 10.1 Å². The van der Waals surface area contributed by atoms with Crippen LogP contribution in [-0.2, 0) is 14.6 Å². The summed E-state index contributed by atoms with van der Waals surface area (Å²) < 4.78 is 31.5. The van der Waals surface area contributed by atoms with E-state index in [0.717, 1.165) is 5.56 Å². The van der Waals surface area contributed by atoms with E-state index < -0.39 is 9.84 Å². The highest BCUT2D eigenvalue weighted by atomic mass is 35.5. The van der Waals surface area contributed by atoms with Gasteiger partial charge in [-0.2, -0.15) is 0 Å². The van der Waals surface area contributed by atoms with Gasteiger partial charge in [0, 0.05) is 12.5 Å². The van der Waals surface area contributed by atoms with Crippen molar-refractivity contribution in [3.05, 3.63) is 28.8 Å². The molecule has 2 fully saturated rings. The number of halogens is 1. The van der Waals surface area contributed by atoms with Gasteiger partial charge in [-0.25, -0.2) is 13.2 Å². The average molecular weight is 485 g/mol. The smallest absolute Gasteiger partial charge is 0.324 e. The van der Waals surface area contributed by atoms with Gasteiger partial charge in [0.15, 0.2) is 9.84 Å². The van der Waals surface area contributed by atoms with Crippen molar-refractivity contribution < 1.29 is 22.7 Å². The quantitative estimate of drug-likeness (QED) is 0.337. The highest BCUT2D eigenvalue weighted by Gasteiger charge is 2.27. The maximum Gasteiger partial charge on any atom is 0.324 e. The zero-order chi connectivity index (χ0) is 23.3. The normalized spacial score (nSPS) is 17.7. The fraction of sp³-hybridized carbons (Fsp3) is 0.652. The van der Waals surface area contributed by atoms with E-state index in [9.17, 15) is 18.0 Å². The minimum atomic E-state index is -3.25. The summed E-state index contributed by atoms with van der Waals surface area (Å²) in [4.78, 5) is 24.2. The number of ether oxygens (including phenoxy) is 1. The van der Waals surface area contributed by atoms with Crippen LogP contribution in [0.25, 0.3) is 0 Å². The van der Waals surface area contributed by atoms with E-state index >= 15 is 0 Å². The van der Waals surface area contributed by atoms with Gasteiger partial charge in [-0.15, -0.1) is 0 Å². The summed E-state index contributed by atoms with van der Waals surface area (Å²) >= 11 is 6.29. The molecule has 178 valence electrons. The van der Waals surface area contributed by atoms with Crippen molar-refractivity contribution in [2.75, 3.05) is 31.2 Å². The Morgan fingerprint density at radius 3 is 2.56 bits per heavy atom. The molecule has 7 nitrogen and oxygen atoms in total. The number of urea groups is 1. The number of hydrogen-bond acceptors (Lipinski definition) is 5. The Morgan fingerprint density at radius 2 is 1.94 bits per heavy atom. The Kier molecular flexibility index (Phi) is 8.44. The molecule has 1 saturated heterocycles. The molecule has 2 aliphatic rings. The van der Waals surface area contributed by atoms with Gasteiger partial charge in [-0.1, -0.05) is 37.9 Å². The molecule has 0 aromatic heterocycles. The SMILES string of the molecule is CC(C)[C@@H](CS(=O)(=O)CCCCCN1CC(=O)NC1=O)c1ccc(Cl)c(OCC2CC2)c1. The monoisotopic (exact) mass is 484 g/mol. The molecule has 1 atom stereocenters. The first-order valence-electron chi connectivity index (χ1n) is 11.4. The average Bonchev–Trinajstić information content (AvgIpc) is 3.49. The van der Waals surface area contributed by atoms with Crippen LogP contribution in [0.15, 0.2) is 18.2 Å². The minimum absolute atomic E-state index is 0.0808. The number of unbranched alkanes of at least 4 members (excludes halogenated alkanes) is 2. The summed E-state index contributed by atoms with van der Waals surface area (Å²) in [5, 5.41) is 2.79. The zero-order valence-corrected chi connectivity index (χ0v) is 20.4. The molecule has 32 heavy (non-hydrogen) atoms. The molecule has 3 rings (SSSR count). The van der Waals surface area contributed by atoms with E-state index in [-0.39, 0.29) is 41.8 Å². The first-order chi connectivity index (χ1) is 15.1. The molecule has 0 bridgehead atoms. The van der Waals surface area contributed by atoms with Gasteiger partial charge in [0.1, 0.15) is 12.3 Å². The van der Waals surface area contributed by atoms with Crippen LogP contribution in [0.4, 0.5) is 4.79 Å². The van der Waals surface area contributed by atoms with E-state index in [4.69, 9.17) is 16.3 Å². The molecule has 0 spiro atoms. The third kappa shape index (κ3) is 7.37. The highest BCUT2D eigenvalue weighted by Crippen LogP contribution is 2.35. The molecule has 1 aliphatic carbocycles. The molecule has 1 heterocycles. The number of imide groups is 1. The molecule has 1 saturated carbocycles. The second-order valence-corrected chi connectivity index (χ2v) is 11.9. The Morgan fingerprint density at radius 1 is 1.19 bits per heavy atom. The number of carbonyl (C=O) groups excluding carboxylic acids is 2. The fourth-order valence-electron chi connectivity index (χ4n) is 3.85. The number of sulfone groups is 1. The van der Waals surface area contributed by atoms with Crippen molar-refractivity contribution >= 4 is 33.4 Å². The number of nitrogens with one attached hydrogen (secondary N) is 1. The van der Waals surface area contributed by atoms with Crippen molar-refractivity contribution in [3.63, 3.8) is 0 Å². The Balaban J connectivity index is 1.51. The van der Waals surface area contributed by atoms with Gasteiger partial charge < -0.3 is 9.64 Å². The van der Waals surface area contributed by atoms with Crippen molar-refractivity contribution in [1.29, 1.82) is 0 Å². The van der Waals surface area contributed by atoms with Crippen LogP contribution < -0.4 is 10.1 Å².